The van der Waals surface area contributed by atoms with E-state index >= 15 is 0 Å². The molecular formula is C21H23N3O3S. The van der Waals surface area contributed by atoms with Gasteiger partial charge in [-0.25, -0.2) is 0 Å². The Hall–Kier alpha value is -2.93. The Morgan fingerprint density at radius 1 is 1.04 bits per heavy atom. The zero-order valence-corrected chi connectivity index (χ0v) is 17.0. The Morgan fingerprint density at radius 3 is 2.68 bits per heavy atom. The Morgan fingerprint density at radius 2 is 1.86 bits per heavy atom. The summed E-state index contributed by atoms with van der Waals surface area (Å²) < 4.78 is 11.3. The van der Waals surface area contributed by atoms with E-state index in [1.54, 1.807) is 0 Å². The van der Waals surface area contributed by atoms with Crippen molar-refractivity contribution in [2.45, 2.75) is 27.2 Å². The SMILES string of the molecule is Cc1cccc(OCCc2nnc(NC(=O)COc3cc(C)ccc3C)s2)c1. The number of carbonyl (C=O) groups is 1. The first-order chi connectivity index (χ1) is 13.5. The van der Waals surface area contributed by atoms with Gasteiger partial charge in [0.15, 0.2) is 6.61 Å². The van der Waals surface area contributed by atoms with Gasteiger partial charge in [-0.3, -0.25) is 10.1 Å². The van der Waals surface area contributed by atoms with Crippen molar-refractivity contribution >= 4 is 22.4 Å². The molecule has 0 aliphatic carbocycles. The molecule has 0 spiro atoms. The third-order valence-electron chi connectivity index (χ3n) is 3.99. The van der Waals surface area contributed by atoms with Gasteiger partial charge in [-0.1, -0.05) is 35.6 Å². The van der Waals surface area contributed by atoms with Crippen LogP contribution in [0.4, 0.5) is 5.13 Å². The highest BCUT2D eigenvalue weighted by Crippen LogP contribution is 2.20. The minimum atomic E-state index is -0.264. The van der Waals surface area contributed by atoms with Crippen LogP contribution in [0.3, 0.4) is 0 Å². The van der Waals surface area contributed by atoms with E-state index in [-0.39, 0.29) is 12.5 Å². The first-order valence-corrected chi connectivity index (χ1v) is 9.83. The quantitative estimate of drug-likeness (QED) is 0.619. The predicted molar refractivity (Wildman–Crippen MR) is 110 cm³/mol. The van der Waals surface area contributed by atoms with E-state index in [0.29, 0.717) is 23.9 Å². The van der Waals surface area contributed by atoms with Gasteiger partial charge < -0.3 is 9.47 Å². The number of hydrogen-bond donors (Lipinski definition) is 1. The molecule has 0 radical (unpaired) electrons. The smallest absolute Gasteiger partial charge is 0.264 e. The van der Waals surface area contributed by atoms with E-state index in [0.717, 1.165) is 27.4 Å². The average Bonchev–Trinajstić information content (AvgIpc) is 3.10. The first-order valence-electron chi connectivity index (χ1n) is 9.01. The zero-order valence-electron chi connectivity index (χ0n) is 16.2. The summed E-state index contributed by atoms with van der Waals surface area (Å²) in [5, 5.41) is 12.1. The molecule has 0 fully saturated rings. The Balaban J connectivity index is 1.44. The molecule has 0 bridgehead atoms. The number of rotatable bonds is 8. The number of aromatic nitrogens is 2. The normalized spacial score (nSPS) is 10.5. The number of nitrogens with one attached hydrogen (secondary N) is 1. The lowest BCUT2D eigenvalue weighted by Gasteiger charge is -2.09. The van der Waals surface area contributed by atoms with Crippen molar-refractivity contribution in [1.82, 2.24) is 10.2 Å². The molecule has 3 aromatic rings. The molecule has 1 aromatic heterocycles. The lowest BCUT2D eigenvalue weighted by atomic mass is 10.1. The van der Waals surface area contributed by atoms with Gasteiger partial charge in [0.1, 0.15) is 16.5 Å². The summed E-state index contributed by atoms with van der Waals surface area (Å²) in [4.78, 5) is 12.1. The molecule has 2 aromatic carbocycles. The Labute approximate surface area is 168 Å². The fourth-order valence-electron chi connectivity index (χ4n) is 2.53. The van der Waals surface area contributed by atoms with Crippen molar-refractivity contribution < 1.29 is 14.3 Å². The van der Waals surface area contributed by atoms with Crippen molar-refractivity contribution in [3.8, 4) is 11.5 Å². The van der Waals surface area contributed by atoms with Gasteiger partial charge in [-0.2, -0.15) is 0 Å². The van der Waals surface area contributed by atoms with Crippen LogP contribution in [0, 0.1) is 20.8 Å². The molecule has 146 valence electrons. The number of amides is 1. The summed E-state index contributed by atoms with van der Waals surface area (Å²) in [5.74, 6) is 1.28. The van der Waals surface area contributed by atoms with Gasteiger partial charge >= 0.3 is 0 Å². The number of aryl methyl sites for hydroxylation is 3. The van der Waals surface area contributed by atoms with Crippen molar-refractivity contribution in [2.75, 3.05) is 18.5 Å². The molecule has 28 heavy (non-hydrogen) atoms. The van der Waals surface area contributed by atoms with E-state index in [9.17, 15) is 4.79 Å². The molecule has 3 rings (SSSR count). The zero-order chi connectivity index (χ0) is 19.9. The average molecular weight is 398 g/mol. The van der Waals surface area contributed by atoms with Crippen LogP contribution in [0.5, 0.6) is 11.5 Å². The largest absolute Gasteiger partial charge is 0.493 e. The highest BCUT2D eigenvalue weighted by molar-refractivity contribution is 7.15. The minimum absolute atomic E-state index is 0.0737. The highest BCUT2D eigenvalue weighted by Gasteiger charge is 2.10. The van der Waals surface area contributed by atoms with Crippen molar-refractivity contribution in [3.63, 3.8) is 0 Å². The summed E-state index contributed by atoms with van der Waals surface area (Å²) >= 11 is 1.34. The molecule has 0 aliphatic heterocycles. The van der Waals surface area contributed by atoms with E-state index < -0.39 is 0 Å². The maximum absolute atomic E-state index is 12.1. The molecular weight excluding hydrogens is 374 g/mol. The third-order valence-corrected chi connectivity index (χ3v) is 4.89. The van der Waals surface area contributed by atoms with Gasteiger partial charge in [0, 0.05) is 6.42 Å². The molecule has 6 nitrogen and oxygen atoms in total. The second-order valence-electron chi connectivity index (χ2n) is 6.52. The molecule has 0 aliphatic rings. The van der Waals surface area contributed by atoms with E-state index in [1.807, 2.05) is 63.2 Å². The topological polar surface area (TPSA) is 73.3 Å². The number of nitrogens with zero attached hydrogens (tertiary/aromatic N) is 2. The maximum Gasteiger partial charge on any atom is 0.264 e. The fourth-order valence-corrected chi connectivity index (χ4v) is 3.26. The van der Waals surface area contributed by atoms with Gasteiger partial charge in [-0.15, -0.1) is 10.2 Å². The molecule has 1 amide bonds. The Kier molecular flexibility index (Phi) is 6.60. The number of ether oxygens (including phenoxy) is 2. The summed E-state index contributed by atoms with van der Waals surface area (Å²) in [6.45, 7) is 6.38. The molecule has 1 heterocycles. The standard InChI is InChI=1S/C21H23N3O3S/c1-14-5-4-6-17(11-14)26-10-9-20-23-24-21(28-20)22-19(25)13-27-18-12-15(2)7-8-16(18)3/h4-8,11-12H,9-10,13H2,1-3H3,(H,22,24,25). The van der Waals surface area contributed by atoms with Crippen molar-refractivity contribution in [2.24, 2.45) is 0 Å². The number of benzene rings is 2. The van der Waals surface area contributed by atoms with Gasteiger partial charge in [0.05, 0.1) is 6.61 Å². The second-order valence-corrected chi connectivity index (χ2v) is 7.58. The number of hydrogen-bond acceptors (Lipinski definition) is 6. The number of carbonyl (C=O) groups excluding carboxylic acids is 1. The molecule has 1 N–H and O–H groups in total. The molecule has 0 atom stereocenters. The van der Waals surface area contributed by atoms with Crippen LogP contribution in [0.1, 0.15) is 21.7 Å². The van der Waals surface area contributed by atoms with Crippen LogP contribution in [0.15, 0.2) is 42.5 Å². The maximum atomic E-state index is 12.1. The van der Waals surface area contributed by atoms with Crippen LogP contribution in [0.2, 0.25) is 0 Å². The minimum Gasteiger partial charge on any atom is -0.493 e. The third kappa shape index (κ3) is 5.79. The summed E-state index contributed by atoms with van der Waals surface area (Å²) in [6, 6.07) is 13.8. The van der Waals surface area contributed by atoms with Gasteiger partial charge in [-0.05, 0) is 55.7 Å². The number of anilines is 1. The van der Waals surface area contributed by atoms with Crippen LogP contribution in [0.25, 0.3) is 0 Å². The second kappa shape index (κ2) is 9.32. The van der Waals surface area contributed by atoms with Crippen molar-refractivity contribution in [3.05, 3.63) is 64.2 Å². The Bertz CT molecular complexity index is 956. The summed E-state index contributed by atoms with van der Waals surface area (Å²) in [7, 11) is 0. The van der Waals surface area contributed by atoms with Gasteiger partial charge in [0.25, 0.3) is 5.91 Å². The van der Waals surface area contributed by atoms with Gasteiger partial charge in [0.2, 0.25) is 5.13 Å². The predicted octanol–water partition coefficient (Wildman–Crippen LogP) is 4.10. The lowest BCUT2D eigenvalue weighted by Crippen LogP contribution is -2.20. The van der Waals surface area contributed by atoms with Crippen LogP contribution in [-0.4, -0.2) is 29.3 Å². The summed E-state index contributed by atoms with van der Waals surface area (Å²) in [6.07, 6.45) is 0.625. The van der Waals surface area contributed by atoms with E-state index in [1.165, 1.54) is 11.3 Å². The summed E-state index contributed by atoms with van der Waals surface area (Å²) in [5.41, 5.74) is 3.23. The highest BCUT2D eigenvalue weighted by atomic mass is 32.1. The fraction of sp³-hybridized carbons (Fsp3) is 0.286. The van der Waals surface area contributed by atoms with E-state index in [4.69, 9.17) is 9.47 Å². The van der Waals surface area contributed by atoms with Crippen LogP contribution >= 0.6 is 11.3 Å². The van der Waals surface area contributed by atoms with E-state index in [2.05, 4.69) is 15.5 Å². The lowest BCUT2D eigenvalue weighted by molar-refractivity contribution is -0.118. The molecule has 0 saturated heterocycles. The van der Waals surface area contributed by atoms with Crippen LogP contribution < -0.4 is 14.8 Å². The first kappa shape index (κ1) is 19.8. The molecule has 7 heteroatoms. The molecule has 0 unspecified atom stereocenters. The van der Waals surface area contributed by atoms with Crippen LogP contribution in [-0.2, 0) is 11.2 Å². The van der Waals surface area contributed by atoms with Crippen molar-refractivity contribution in [1.29, 1.82) is 0 Å². The molecule has 0 saturated carbocycles. The monoisotopic (exact) mass is 397 g/mol.